The van der Waals surface area contributed by atoms with Crippen LogP contribution in [-0.2, 0) is 13.2 Å². The van der Waals surface area contributed by atoms with E-state index in [1.165, 1.54) is 22.7 Å². The van der Waals surface area contributed by atoms with Crippen molar-refractivity contribution in [3.05, 3.63) is 63.1 Å². The van der Waals surface area contributed by atoms with Crippen LogP contribution in [0.5, 0.6) is 5.75 Å². The lowest BCUT2D eigenvalue weighted by Crippen LogP contribution is -2.51. The SMILES string of the molecule is CN1C(=O)c2c(O)c(=O)c(C(=O)NCc3ccc(F)cc3F)cn2CN1CCCCO. The van der Waals surface area contributed by atoms with Crippen LogP contribution in [0.25, 0.3) is 0 Å². The number of benzene rings is 1. The van der Waals surface area contributed by atoms with E-state index >= 15 is 0 Å². The molecule has 0 fully saturated rings. The summed E-state index contributed by atoms with van der Waals surface area (Å²) in [5, 5.41) is 24.5. The van der Waals surface area contributed by atoms with E-state index in [2.05, 4.69) is 5.32 Å². The first-order chi connectivity index (χ1) is 14.7. The molecule has 11 heteroatoms. The van der Waals surface area contributed by atoms with Gasteiger partial charge in [-0.3, -0.25) is 19.4 Å². The predicted octanol–water partition coefficient (Wildman–Crippen LogP) is 0.795. The number of hydrogen-bond donors (Lipinski definition) is 3. The Balaban J connectivity index is 1.85. The van der Waals surface area contributed by atoms with Gasteiger partial charge in [-0.2, -0.15) is 5.01 Å². The van der Waals surface area contributed by atoms with Crippen LogP contribution in [0.1, 0.15) is 39.3 Å². The molecule has 0 bridgehead atoms. The monoisotopic (exact) mass is 436 g/mol. The van der Waals surface area contributed by atoms with Gasteiger partial charge in [-0.05, 0) is 18.9 Å². The minimum Gasteiger partial charge on any atom is -0.503 e. The van der Waals surface area contributed by atoms with E-state index in [1.54, 1.807) is 5.01 Å². The fourth-order valence-corrected chi connectivity index (χ4v) is 3.26. The van der Waals surface area contributed by atoms with E-state index in [9.17, 15) is 28.3 Å². The van der Waals surface area contributed by atoms with Gasteiger partial charge in [0.2, 0.25) is 5.43 Å². The molecule has 0 saturated carbocycles. The van der Waals surface area contributed by atoms with E-state index in [0.29, 0.717) is 25.5 Å². The molecule has 3 N–H and O–H groups in total. The third kappa shape index (κ3) is 4.57. The topological polar surface area (TPSA) is 115 Å². The third-order valence-electron chi connectivity index (χ3n) is 5.02. The molecule has 2 amide bonds. The Kier molecular flexibility index (Phi) is 6.66. The predicted molar refractivity (Wildman–Crippen MR) is 105 cm³/mol. The van der Waals surface area contributed by atoms with Crippen LogP contribution in [0.4, 0.5) is 8.78 Å². The van der Waals surface area contributed by atoms with E-state index in [0.717, 1.165) is 12.3 Å². The molecule has 0 aliphatic carbocycles. The molecule has 0 unspecified atom stereocenters. The number of aromatic hydroxyl groups is 1. The number of halogens is 2. The minimum absolute atomic E-state index is 0.00846. The van der Waals surface area contributed by atoms with Gasteiger partial charge < -0.3 is 20.1 Å². The molecule has 31 heavy (non-hydrogen) atoms. The van der Waals surface area contributed by atoms with Crippen molar-refractivity contribution < 1.29 is 28.6 Å². The van der Waals surface area contributed by atoms with Gasteiger partial charge in [0.05, 0.1) is 6.67 Å². The number of nitrogens with one attached hydrogen (secondary N) is 1. The van der Waals surface area contributed by atoms with Crippen molar-refractivity contribution in [3.8, 4) is 5.75 Å². The first-order valence-corrected chi connectivity index (χ1v) is 9.57. The highest BCUT2D eigenvalue weighted by Gasteiger charge is 2.32. The number of nitrogens with zero attached hydrogens (tertiary/aromatic N) is 3. The second kappa shape index (κ2) is 9.23. The zero-order valence-corrected chi connectivity index (χ0v) is 16.8. The summed E-state index contributed by atoms with van der Waals surface area (Å²) < 4.78 is 28.1. The van der Waals surface area contributed by atoms with Crippen molar-refractivity contribution in [2.24, 2.45) is 0 Å². The lowest BCUT2D eigenvalue weighted by atomic mass is 10.1. The smallest absolute Gasteiger partial charge is 0.288 e. The first-order valence-electron chi connectivity index (χ1n) is 9.57. The number of carbonyl (C=O) groups is 2. The molecular formula is C20H22F2N4O5. The summed E-state index contributed by atoms with van der Waals surface area (Å²) in [4.78, 5) is 37.6. The molecule has 1 aromatic heterocycles. The van der Waals surface area contributed by atoms with Crippen LogP contribution in [-0.4, -0.2) is 56.8 Å². The fourth-order valence-electron chi connectivity index (χ4n) is 3.26. The summed E-state index contributed by atoms with van der Waals surface area (Å²) in [7, 11) is 1.49. The van der Waals surface area contributed by atoms with Crippen LogP contribution < -0.4 is 10.7 Å². The third-order valence-corrected chi connectivity index (χ3v) is 5.02. The molecular weight excluding hydrogens is 414 g/mol. The Morgan fingerprint density at radius 3 is 2.65 bits per heavy atom. The largest absolute Gasteiger partial charge is 0.503 e. The molecule has 166 valence electrons. The van der Waals surface area contributed by atoms with Gasteiger partial charge >= 0.3 is 0 Å². The van der Waals surface area contributed by atoms with Gasteiger partial charge in [-0.25, -0.2) is 8.78 Å². The van der Waals surface area contributed by atoms with Crippen LogP contribution in [0.2, 0.25) is 0 Å². The fraction of sp³-hybridized carbons (Fsp3) is 0.350. The lowest BCUT2D eigenvalue weighted by molar-refractivity contribution is -0.0298. The molecule has 3 rings (SSSR count). The lowest BCUT2D eigenvalue weighted by Gasteiger charge is -2.38. The molecule has 9 nitrogen and oxygen atoms in total. The number of amides is 2. The van der Waals surface area contributed by atoms with Crippen molar-refractivity contribution in [1.82, 2.24) is 19.9 Å². The summed E-state index contributed by atoms with van der Waals surface area (Å²) in [5.41, 5.74) is -1.67. The van der Waals surface area contributed by atoms with E-state index in [1.807, 2.05) is 0 Å². The highest BCUT2D eigenvalue weighted by atomic mass is 19.1. The van der Waals surface area contributed by atoms with Crippen molar-refractivity contribution >= 4 is 11.8 Å². The second-order valence-electron chi connectivity index (χ2n) is 7.09. The highest BCUT2D eigenvalue weighted by molar-refractivity contribution is 5.98. The summed E-state index contributed by atoms with van der Waals surface area (Å²) in [6, 6.07) is 2.88. The number of aliphatic hydroxyl groups excluding tert-OH is 1. The molecule has 0 spiro atoms. The average Bonchev–Trinajstić information content (AvgIpc) is 2.73. The molecule has 0 radical (unpaired) electrons. The molecule has 0 saturated heterocycles. The number of pyridine rings is 1. The van der Waals surface area contributed by atoms with E-state index in [-0.39, 0.29) is 31.1 Å². The summed E-state index contributed by atoms with van der Waals surface area (Å²) in [6.07, 6.45) is 2.30. The van der Waals surface area contributed by atoms with Crippen molar-refractivity contribution in [1.29, 1.82) is 0 Å². The number of rotatable bonds is 7. The first kappa shape index (κ1) is 22.4. The van der Waals surface area contributed by atoms with Crippen molar-refractivity contribution in [2.45, 2.75) is 26.1 Å². The van der Waals surface area contributed by atoms with Gasteiger partial charge in [-0.15, -0.1) is 0 Å². The Hall–Kier alpha value is -3.31. The van der Waals surface area contributed by atoms with E-state index < -0.39 is 40.2 Å². The maximum absolute atomic E-state index is 13.8. The number of hydrazine groups is 1. The zero-order chi connectivity index (χ0) is 22.7. The summed E-state index contributed by atoms with van der Waals surface area (Å²) in [6.45, 7) is 0.223. The number of aromatic nitrogens is 1. The molecule has 0 atom stereocenters. The molecule has 1 aromatic carbocycles. The Morgan fingerprint density at radius 1 is 1.23 bits per heavy atom. The molecule has 1 aliphatic heterocycles. The summed E-state index contributed by atoms with van der Waals surface area (Å²) >= 11 is 0. The Morgan fingerprint density at radius 2 is 1.97 bits per heavy atom. The van der Waals surface area contributed by atoms with Gasteiger partial charge in [0.15, 0.2) is 11.4 Å². The van der Waals surface area contributed by atoms with Crippen molar-refractivity contribution in [2.75, 3.05) is 20.2 Å². The van der Waals surface area contributed by atoms with Gasteiger partial charge in [0.25, 0.3) is 11.8 Å². The highest BCUT2D eigenvalue weighted by Crippen LogP contribution is 2.22. The quantitative estimate of drug-likeness (QED) is 0.553. The number of unbranched alkanes of at least 4 members (excludes halogenated alkanes) is 1. The maximum Gasteiger partial charge on any atom is 0.288 e. The molecule has 1 aliphatic rings. The van der Waals surface area contributed by atoms with Crippen molar-refractivity contribution in [3.63, 3.8) is 0 Å². The van der Waals surface area contributed by atoms with Crippen LogP contribution in [0.15, 0.2) is 29.2 Å². The second-order valence-corrected chi connectivity index (χ2v) is 7.09. The maximum atomic E-state index is 13.8. The molecule has 2 aromatic rings. The molecule has 2 heterocycles. The van der Waals surface area contributed by atoms with E-state index in [4.69, 9.17) is 5.11 Å². The number of hydrogen-bond acceptors (Lipinski definition) is 6. The summed E-state index contributed by atoms with van der Waals surface area (Å²) in [5.74, 6) is -3.96. The average molecular weight is 436 g/mol. The normalized spacial score (nSPS) is 13.9. The standard InChI is InChI=1S/C20H22F2N4O5/c1-24-20(31)16-18(29)17(28)14(10-25(16)11-26(24)6-2-3-7-27)19(30)23-9-12-4-5-13(21)8-15(12)22/h4-5,8,10,27,29H,2-3,6-7,9,11H2,1H3,(H,23,30). The van der Waals surface area contributed by atoms with Gasteiger partial charge in [0.1, 0.15) is 17.2 Å². The number of carbonyl (C=O) groups excluding carboxylic acids is 2. The Bertz CT molecular complexity index is 1070. The van der Waals surface area contributed by atoms with Crippen LogP contribution >= 0.6 is 0 Å². The van der Waals surface area contributed by atoms with Crippen LogP contribution in [0.3, 0.4) is 0 Å². The Labute approximate surface area is 176 Å². The number of aliphatic hydroxyl groups is 1. The van der Waals surface area contributed by atoms with Crippen LogP contribution in [0, 0.1) is 11.6 Å². The minimum atomic E-state index is -1.03. The van der Waals surface area contributed by atoms with Gasteiger partial charge in [-0.1, -0.05) is 6.07 Å². The zero-order valence-electron chi connectivity index (χ0n) is 16.8. The number of fused-ring (bicyclic) bond motifs is 1. The van der Waals surface area contributed by atoms with Gasteiger partial charge in [0, 0.05) is 44.6 Å².